The molecule has 0 unspecified atom stereocenters. The van der Waals surface area contributed by atoms with E-state index in [0.717, 1.165) is 18.7 Å². The van der Waals surface area contributed by atoms with Gasteiger partial charge in [-0.05, 0) is 26.0 Å². The van der Waals surface area contributed by atoms with Gasteiger partial charge in [-0.15, -0.1) is 24.0 Å². The zero-order valence-corrected chi connectivity index (χ0v) is 16.0. The Morgan fingerprint density at radius 3 is 2.59 bits per heavy atom. The van der Waals surface area contributed by atoms with Crippen molar-refractivity contribution >= 4 is 35.8 Å². The number of amides is 1. The SMILES string of the molecule is CN=C(NCCc1ccccn1)NCC(C)(C)C(=O)NC.I. The van der Waals surface area contributed by atoms with Crippen LogP contribution in [0, 0.1) is 5.41 Å². The number of aliphatic imine (C=N–C) groups is 1. The Labute approximate surface area is 149 Å². The molecule has 1 rings (SSSR count). The van der Waals surface area contributed by atoms with Gasteiger partial charge in [0, 0.05) is 45.5 Å². The van der Waals surface area contributed by atoms with Gasteiger partial charge in [-0.2, -0.15) is 0 Å². The maximum absolute atomic E-state index is 11.7. The van der Waals surface area contributed by atoms with Crippen molar-refractivity contribution in [3.05, 3.63) is 30.1 Å². The first kappa shape index (κ1) is 20.6. The van der Waals surface area contributed by atoms with E-state index in [0.29, 0.717) is 12.5 Å². The highest BCUT2D eigenvalue weighted by atomic mass is 127. The van der Waals surface area contributed by atoms with E-state index >= 15 is 0 Å². The molecule has 0 aliphatic rings. The fraction of sp³-hybridized carbons (Fsp3) is 0.533. The van der Waals surface area contributed by atoms with E-state index in [-0.39, 0.29) is 29.9 Å². The molecule has 7 heteroatoms. The zero-order chi connectivity index (χ0) is 15.7. The summed E-state index contributed by atoms with van der Waals surface area (Å²) in [6.45, 7) is 5.02. The number of nitrogens with one attached hydrogen (secondary N) is 3. The minimum atomic E-state index is -0.493. The predicted octanol–water partition coefficient (Wildman–Crippen LogP) is 1.18. The van der Waals surface area contributed by atoms with Gasteiger partial charge in [0.2, 0.25) is 5.91 Å². The molecule has 0 bridgehead atoms. The van der Waals surface area contributed by atoms with Gasteiger partial charge in [-0.25, -0.2) is 0 Å². The average Bonchev–Trinajstić information content (AvgIpc) is 2.50. The van der Waals surface area contributed by atoms with Crippen LogP contribution in [0.3, 0.4) is 0 Å². The summed E-state index contributed by atoms with van der Waals surface area (Å²) in [5, 5.41) is 9.05. The van der Waals surface area contributed by atoms with Crippen molar-refractivity contribution in [1.29, 1.82) is 0 Å². The lowest BCUT2D eigenvalue weighted by atomic mass is 9.92. The van der Waals surface area contributed by atoms with Gasteiger partial charge in [0.05, 0.1) is 5.41 Å². The number of hydrogen-bond donors (Lipinski definition) is 3. The first-order chi connectivity index (χ1) is 9.99. The number of halogens is 1. The summed E-state index contributed by atoms with van der Waals surface area (Å²) in [5.74, 6) is 0.682. The fourth-order valence-electron chi connectivity index (χ4n) is 1.80. The van der Waals surface area contributed by atoms with Crippen LogP contribution in [0.25, 0.3) is 0 Å². The van der Waals surface area contributed by atoms with Gasteiger partial charge in [0.1, 0.15) is 0 Å². The van der Waals surface area contributed by atoms with Gasteiger partial charge >= 0.3 is 0 Å². The van der Waals surface area contributed by atoms with E-state index in [9.17, 15) is 4.79 Å². The van der Waals surface area contributed by atoms with Crippen LogP contribution in [-0.2, 0) is 11.2 Å². The van der Waals surface area contributed by atoms with Crippen molar-refractivity contribution in [2.75, 3.05) is 27.2 Å². The Balaban J connectivity index is 0.00000441. The summed E-state index contributed by atoms with van der Waals surface area (Å²) >= 11 is 0. The van der Waals surface area contributed by atoms with Crippen molar-refractivity contribution < 1.29 is 4.79 Å². The normalized spacial score (nSPS) is 11.4. The van der Waals surface area contributed by atoms with Crippen molar-refractivity contribution in [1.82, 2.24) is 20.9 Å². The Morgan fingerprint density at radius 1 is 1.32 bits per heavy atom. The third-order valence-electron chi connectivity index (χ3n) is 3.16. The molecule has 0 saturated heterocycles. The molecule has 0 saturated carbocycles. The van der Waals surface area contributed by atoms with Crippen LogP contribution in [0.4, 0.5) is 0 Å². The molecule has 0 aromatic carbocycles. The average molecular weight is 419 g/mol. The van der Waals surface area contributed by atoms with Crippen LogP contribution >= 0.6 is 24.0 Å². The molecule has 0 atom stereocenters. The fourth-order valence-corrected chi connectivity index (χ4v) is 1.80. The Bertz CT molecular complexity index is 476. The molecule has 0 radical (unpaired) electrons. The predicted molar refractivity (Wildman–Crippen MR) is 101 cm³/mol. The number of rotatable bonds is 6. The monoisotopic (exact) mass is 419 g/mol. The summed E-state index contributed by atoms with van der Waals surface area (Å²) < 4.78 is 0. The molecule has 0 spiro atoms. The second-order valence-corrected chi connectivity index (χ2v) is 5.39. The van der Waals surface area contributed by atoms with E-state index in [4.69, 9.17) is 0 Å². The third kappa shape index (κ3) is 7.06. The number of pyridine rings is 1. The number of carbonyl (C=O) groups excluding carboxylic acids is 1. The molecule has 0 aliphatic carbocycles. The molecule has 1 amide bonds. The van der Waals surface area contributed by atoms with E-state index in [1.54, 1.807) is 20.3 Å². The topological polar surface area (TPSA) is 78.4 Å². The smallest absolute Gasteiger partial charge is 0.227 e. The Kier molecular flexibility index (Phi) is 9.71. The molecule has 124 valence electrons. The highest BCUT2D eigenvalue weighted by Gasteiger charge is 2.26. The molecule has 1 aromatic rings. The van der Waals surface area contributed by atoms with E-state index in [2.05, 4.69) is 25.9 Å². The summed E-state index contributed by atoms with van der Waals surface area (Å²) in [5.41, 5.74) is 0.541. The molecule has 0 aliphatic heterocycles. The minimum absolute atomic E-state index is 0. The highest BCUT2D eigenvalue weighted by Crippen LogP contribution is 2.12. The first-order valence-electron chi connectivity index (χ1n) is 7.06. The first-order valence-corrected chi connectivity index (χ1v) is 7.06. The van der Waals surface area contributed by atoms with E-state index in [1.165, 1.54) is 0 Å². The van der Waals surface area contributed by atoms with Crippen LogP contribution in [0.5, 0.6) is 0 Å². The molecule has 0 fully saturated rings. The molecule has 3 N–H and O–H groups in total. The highest BCUT2D eigenvalue weighted by molar-refractivity contribution is 14.0. The van der Waals surface area contributed by atoms with Gasteiger partial charge in [-0.3, -0.25) is 14.8 Å². The molecular weight excluding hydrogens is 393 g/mol. The second kappa shape index (κ2) is 10.4. The molecule has 22 heavy (non-hydrogen) atoms. The van der Waals surface area contributed by atoms with Crippen LogP contribution < -0.4 is 16.0 Å². The third-order valence-corrected chi connectivity index (χ3v) is 3.16. The number of aromatic nitrogens is 1. The lowest BCUT2D eigenvalue weighted by Crippen LogP contribution is -2.47. The number of carbonyl (C=O) groups is 1. The Hall–Kier alpha value is -1.38. The lowest BCUT2D eigenvalue weighted by molar-refractivity contribution is -0.128. The Morgan fingerprint density at radius 2 is 2.05 bits per heavy atom. The summed E-state index contributed by atoms with van der Waals surface area (Å²) in [6, 6.07) is 5.87. The van der Waals surface area contributed by atoms with Crippen molar-refractivity contribution in [3.63, 3.8) is 0 Å². The van der Waals surface area contributed by atoms with Gasteiger partial charge in [0.25, 0.3) is 0 Å². The maximum atomic E-state index is 11.7. The second-order valence-electron chi connectivity index (χ2n) is 5.39. The van der Waals surface area contributed by atoms with Crippen LogP contribution in [-0.4, -0.2) is 44.0 Å². The van der Waals surface area contributed by atoms with Gasteiger partial charge < -0.3 is 16.0 Å². The van der Waals surface area contributed by atoms with Gasteiger partial charge in [0.15, 0.2) is 5.96 Å². The largest absolute Gasteiger partial charge is 0.359 e. The summed E-state index contributed by atoms with van der Waals surface area (Å²) in [6.07, 6.45) is 2.61. The van der Waals surface area contributed by atoms with Crippen LogP contribution in [0.15, 0.2) is 29.4 Å². The summed E-state index contributed by atoms with van der Waals surface area (Å²) in [4.78, 5) is 20.1. The zero-order valence-electron chi connectivity index (χ0n) is 13.6. The molecular formula is C15H26IN5O. The lowest BCUT2D eigenvalue weighted by Gasteiger charge is -2.24. The van der Waals surface area contributed by atoms with Crippen molar-refractivity contribution in [2.24, 2.45) is 10.4 Å². The van der Waals surface area contributed by atoms with E-state index < -0.39 is 5.41 Å². The molecule has 1 heterocycles. The quantitative estimate of drug-likeness (QED) is 0.368. The molecule has 6 nitrogen and oxygen atoms in total. The van der Waals surface area contributed by atoms with Crippen LogP contribution in [0.2, 0.25) is 0 Å². The number of guanidine groups is 1. The van der Waals surface area contributed by atoms with Crippen LogP contribution in [0.1, 0.15) is 19.5 Å². The standard InChI is InChI=1S/C15H25N5O.HI/c1-15(2,13(21)16-3)11-20-14(17-4)19-10-8-12-7-5-6-9-18-12;/h5-7,9H,8,10-11H2,1-4H3,(H,16,21)(H2,17,19,20);1H. The molecule has 1 aromatic heterocycles. The van der Waals surface area contributed by atoms with Gasteiger partial charge in [-0.1, -0.05) is 6.07 Å². The number of nitrogens with zero attached hydrogens (tertiary/aromatic N) is 2. The minimum Gasteiger partial charge on any atom is -0.359 e. The number of hydrogen-bond acceptors (Lipinski definition) is 3. The summed E-state index contributed by atoms with van der Waals surface area (Å²) in [7, 11) is 3.35. The maximum Gasteiger partial charge on any atom is 0.227 e. The van der Waals surface area contributed by atoms with Crippen molar-refractivity contribution in [2.45, 2.75) is 20.3 Å². The van der Waals surface area contributed by atoms with E-state index in [1.807, 2.05) is 32.0 Å². The van der Waals surface area contributed by atoms with Crippen molar-refractivity contribution in [3.8, 4) is 0 Å².